The summed E-state index contributed by atoms with van der Waals surface area (Å²) in [6, 6.07) is 24.6. The van der Waals surface area contributed by atoms with E-state index in [0.717, 1.165) is 17.7 Å². The number of phenolic OH excluding ortho intramolecular Hbond substituents is 1. The molecule has 3 aromatic carbocycles. The van der Waals surface area contributed by atoms with E-state index >= 15 is 0 Å². The number of carbonyl (C=O) groups is 2. The van der Waals surface area contributed by atoms with Gasteiger partial charge in [0.2, 0.25) is 11.6 Å². The van der Waals surface area contributed by atoms with Crippen molar-refractivity contribution in [1.82, 2.24) is 40.4 Å². The Bertz CT molecular complexity index is 1930. The van der Waals surface area contributed by atoms with Crippen molar-refractivity contribution < 1.29 is 28.9 Å². The fourth-order valence-corrected chi connectivity index (χ4v) is 5.20. The van der Waals surface area contributed by atoms with Crippen molar-refractivity contribution in [3.05, 3.63) is 84.4 Å². The van der Waals surface area contributed by atoms with Crippen molar-refractivity contribution >= 4 is 11.9 Å². The van der Waals surface area contributed by atoms with Crippen LogP contribution in [0.1, 0.15) is 73.8 Å². The lowest BCUT2D eigenvalue weighted by atomic mass is 10.1. The molecule has 54 heavy (non-hydrogen) atoms. The van der Waals surface area contributed by atoms with E-state index in [1.54, 1.807) is 24.3 Å². The van der Waals surface area contributed by atoms with E-state index in [0.29, 0.717) is 49.8 Å². The zero-order valence-electron chi connectivity index (χ0n) is 32.5. The second-order valence-electron chi connectivity index (χ2n) is 15.3. The number of hydrogen-bond donors (Lipinski definition) is 1. The first-order chi connectivity index (χ1) is 25.5. The molecule has 1 N–H and O–H groups in total. The van der Waals surface area contributed by atoms with Crippen LogP contribution in [0.15, 0.2) is 78.9 Å². The smallest absolute Gasteiger partial charge is 0.306 e. The third-order valence-corrected chi connectivity index (χ3v) is 7.42. The van der Waals surface area contributed by atoms with E-state index in [4.69, 9.17) is 14.2 Å². The zero-order valence-corrected chi connectivity index (χ0v) is 32.5. The molecular formula is C40H52N8O6. The van der Waals surface area contributed by atoms with Gasteiger partial charge in [-0.1, -0.05) is 68.4 Å². The highest BCUT2D eigenvalue weighted by atomic mass is 16.6. The van der Waals surface area contributed by atoms with Crippen molar-refractivity contribution in [2.75, 3.05) is 6.61 Å². The van der Waals surface area contributed by atoms with Crippen LogP contribution in [0.5, 0.6) is 11.5 Å². The fraction of sp³-hybridized carbons (Fsp3) is 0.450. The highest BCUT2D eigenvalue weighted by Crippen LogP contribution is 2.22. The van der Waals surface area contributed by atoms with Crippen molar-refractivity contribution in [1.29, 1.82) is 0 Å². The van der Waals surface area contributed by atoms with Gasteiger partial charge in [-0.3, -0.25) is 9.59 Å². The second-order valence-corrected chi connectivity index (χ2v) is 15.3. The minimum atomic E-state index is -0.482. The maximum absolute atomic E-state index is 12.0. The van der Waals surface area contributed by atoms with Crippen LogP contribution in [0.3, 0.4) is 0 Å². The Labute approximate surface area is 316 Å². The number of rotatable bonds is 14. The van der Waals surface area contributed by atoms with Gasteiger partial charge in [0.15, 0.2) is 0 Å². The van der Waals surface area contributed by atoms with Crippen molar-refractivity contribution in [3.8, 4) is 34.3 Å². The largest absolute Gasteiger partial charge is 0.508 e. The molecule has 14 heteroatoms. The van der Waals surface area contributed by atoms with Gasteiger partial charge in [0.1, 0.15) is 22.7 Å². The first kappa shape index (κ1) is 41.1. The lowest BCUT2D eigenvalue weighted by Gasteiger charge is -2.20. The molecule has 0 fully saturated rings. The SMILES string of the molecule is C[C@H](CC(=O)OC(C)(C)C)Cn1nnc(-c2cccc(O)c2)n1.C[C@H](CC(=O)OC(C)(C)C)Cn1nnc(-c2cccc(OCCc3ccccc3)c2)n1. The number of esters is 2. The van der Waals surface area contributed by atoms with E-state index in [-0.39, 0.29) is 29.5 Å². The predicted octanol–water partition coefficient (Wildman–Crippen LogP) is 6.74. The van der Waals surface area contributed by atoms with Crippen LogP contribution in [0.2, 0.25) is 0 Å². The van der Waals surface area contributed by atoms with Gasteiger partial charge in [0.25, 0.3) is 0 Å². The molecule has 0 unspecified atom stereocenters. The average molecular weight is 741 g/mol. The summed E-state index contributed by atoms with van der Waals surface area (Å²) < 4.78 is 16.6. The van der Waals surface area contributed by atoms with E-state index in [9.17, 15) is 14.7 Å². The number of hydrogen-bond acceptors (Lipinski definition) is 12. The monoisotopic (exact) mass is 740 g/mol. The lowest BCUT2D eigenvalue weighted by Crippen LogP contribution is -2.25. The Hall–Kier alpha value is -5.66. The van der Waals surface area contributed by atoms with Gasteiger partial charge >= 0.3 is 11.9 Å². The summed E-state index contributed by atoms with van der Waals surface area (Å²) in [5.74, 6) is 1.48. The molecule has 0 amide bonds. The molecule has 0 aliphatic carbocycles. The number of aromatic nitrogens is 8. The summed E-state index contributed by atoms with van der Waals surface area (Å²) in [4.78, 5) is 26.8. The highest BCUT2D eigenvalue weighted by molar-refractivity contribution is 5.70. The van der Waals surface area contributed by atoms with E-state index in [2.05, 4.69) is 43.0 Å². The number of benzene rings is 3. The summed E-state index contributed by atoms with van der Waals surface area (Å²) in [5.41, 5.74) is 1.80. The molecule has 5 rings (SSSR count). The van der Waals surface area contributed by atoms with Crippen molar-refractivity contribution in [2.24, 2.45) is 11.8 Å². The van der Waals surface area contributed by atoms with Crippen LogP contribution in [-0.4, -0.2) is 75.3 Å². The molecule has 14 nitrogen and oxygen atoms in total. The first-order valence-electron chi connectivity index (χ1n) is 18.1. The molecule has 5 aromatic rings. The molecule has 288 valence electrons. The number of aromatic hydroxyl groups is 1. The topological polar surface area (TPSA) is 169 Å². The summed E-state index contributed by atoms with van der Waals surface area (Å²) in [7, 11) is 0. The number of phenols is 1. The molecule has 2 aromatic heterocycles. The van der Waals surface area contributed by atoms with E-state index < -0.39 is 11.2 Å². The highest BCUT2D eigenvalue weighted by Gasteiger charge is 2.21. The Kier molecular flexibility index (Phi) is 14.4. The van der Waals surface area contributed by atoms with Gasteiger partial charge in [-0.25, -0.2) is 0 Å². The van der Waals surface area contributed by atoms with E-state index in [1.807, 2.05) is 97.9 Å². The number of tetrazole rings is 2. The Morgan fingerprint density at radius 3 is 1.69 bits per heavy atom. The molecule has 0 saturated carbocycles. The summed E-state index contributed by atoms with van der Waals surface area (Å²) in [6.07, 6.45) is 1.44. The van der Waals surface area contributed by atoms with Crippen molar-refractivity contribution in [2.45, 2.75) is 98.9 Å². The van der Waals surface area contributed by atoms with Crippen LogP contribution >= 0.6 is 0 Å². The molecule has 0 spiro atoms. The molecule has 0 aliphatic rings. The zero-order chi connectivity index (χ0) is 39.3. The third kappa shape index (κ3) is 14.8. The van der Waals surface area contributed by atoms with Gasteiger partial charge in [0, 0.05) is 30.4 Å². The average Bonchev–Trinajstić information content (AvgIpc) is 3.74. The fourth-order valence-electron chi connectivity index (χ4n) is 5.20. The Balaban J connectivity index is 0.000000252. The van der Waals surface area contributed by atoms with Gasteiger partial charge in [-0.05, 0) is 93.6 Å². The number of nitrogens with zero attached hydrogens (tertiary/aromatic N) is 8. The normalized spacial score (nSPS) is 12.6. The van der Waals surface area contributed by atoms with Crippen LogP contribution < -0.4 is 4.74 Å². The van der Waals surface area contributed by atoms with Gasteiger partial charge in [-0.15, -0.1) is 20.4 Å². The maximum Gasteiger partial charge on any atom is 0.306 e. The maximum atomic E-state index is 12.0. The lowest BCUT2D eigenvalue weighted by molar-refractivity contribution is -0.157. The molecule has 0 aliphatic heterocycles. The molecular weight excluding hydrogens is 688 g/mol. The second kappa shape index (κ2) is 18.9. The molecule has 0 radical (unpaired) electrons. The van der Waals surface area contributed by atoms with Gasteiger partial charge in [-0.2, -0.15) is 9.59 Å². The number of ether oxygens (including phenoxy) is 3. The minimum Gasteiger partial charge on any atom is -0.508 e. The predicted molar refractivity (Wildman–Crippen MR) is 203 cm³/mol. The minimum absolute atomic E-state index is 0.0241. The van der Waals surface area contributed by atoms with Crippen LogP contribution in [-0.2, 0) is 38.6 Å². The molecule has 0 saturated heterocycles. The summed E-state index contributed by atoms with van der Waals surface area (Å²) in [5, 5.41) is 34.5. The first-order valence-corrected chi connectivity index (χ1v) is 18.1. The molecule has 2 heterocycles. The summed E-state index contributed by atoms with van der Waals surface area (Å²) in [6.45, 7) is 16.6. The third-order valence-electron chi connectivity index (χ3n) is 7.42. The quantitative estimate of drug-likeness (QED) is 0.119. The standard InChI is InChI=1S/C24H30N4O3.C16H22N4O3/c1-18(15-22(29)31-24(2,3)4)17-28-26-23(25-27-28)20-11-8-12-21(16-20)30-14-13-19-9-6-5-7-10-19;1-11(8-14(22)23-16(2,3)4)10-20-18-15(17-19-20)12-6-5-7-13(21)9-12/h5-12,16,18H,13-15,17H2,1-4H3;5-7,9,11,21H,8,10H2,1-4H3/t18-;11-/m11/s1. The van der Waals surface area contributed by atoms with E-state index in [1.165, 1.54) is 15.2 Å². The van der Waals surface area contributed by atoms with Crippen molar-refractivity contribution in [3.63, 3.8) is 0 Å². The Morgan fingerprint density at radius 2 is 1.19 bits per heavy atom. The Morgan fingerprint density at radius 1 is 0.685 bits per heavy atom. The van der Waals surface area contributed by atoms with Crippen LogP contribution in [0, 0.1) is 11.8 Å². The van der Waals surface area contributed by atoms with Gasteiger partial charge < -0.3 is 19.3 Å². The van der Waals surface area contributed by atoms with Crippen LogP contribution in [0.4, 0.5) is 0 Å². The number of carbonyl (C=O) groups excluding carboxylic acids is 2. The molecule has 0 bridgehead atoms. The van der Waals surface area contributed by atoms with Gasteiger partial charge in [0.05, 0.1) is 19.7 Å². The molecule has 2 atom stereocenters. The van der Waals surface area contributed by atoms with Crippen LogP contribution in [0.25, 0.3) is 22.8 Å². The summed E-state index contributed by atoms with van der Waals surface area (Å²) >= 11 is 0.